The summed E-state index contributed by atoms with van der Waals surface area (Å²) in [7, 11) is 0. The summed E-state index contributed by atoms with van der Waals surface area (Å²) in [5, 5.41) is 13.4. The van der Waals surface area contributed by atoms with Gasteiger partial charge in [0.15, 0.2) is 0 Å². The second-order valence-electron chi connectivity index (χ2n) is 2.74. The Labute approximate surface area is 66.7 Å². The molecule has 0 radical (unpaired) electrons. The van der Waals surface area contributed by atoms with Crippen LogP contribution >= 0.6 is 0 Å². The Morgan fingerprint density at radius 3 is 2.91 bits per heavy atom. The molecule has 0 spiro atoms. The molecule has 1 unspecified atom stereocenters. The maximum atomic E-state index is 9.26. The Kier molecular flexibility index (Phi) is 2.65. The molecule has 11 heavy (non-hydrogen) atoms. The molecular weight excluding hydrogens is 140 g/mol. The predicted molar refractivity (Wildman–Crippen MR) is 43.3 cm³/mol. The van der Waals surface area contributed by atoms with Gasteiger partial charge in [-0.05, 0) is 19.4 Å². The van der Waals surface area contributed by atoms with Gasteiger partial charge < -0.3 is 5.11 Å². The smallest absolute Gasteiger partial charge is 0.0733 e. The highest BCUT2D eigenvalue weighted by molar-refractivity contribution is 4.94. The molecule has 3 nitrogen and oxygen atoms in total. The molecule has 1 aromatic heterocycles. The SMILES string of the molecule is CCC(O)Cn1ccc(C)n1. The number of aromatic nitrogens is 2. The molecular formula is C8H14N2O. The van der Waals surface area contributed by atoms with Crippen LogP contribution in [0.5, 0.6) is 0 Å². The molecule has 0 aromatic carbocycles. The third kappa shape index (κ3) is 2.35. The normalized spacial score (nSPS) is 13.4. The molecule has 1 atom stereocenters. The highest BCUT2D eigenvalue weighted by Gasteiger charge is 2.01. The Morgan fingerprint density at radius 1 is 1.73 bits per heavy atom. The number of aliphatic hydroxyl groups excluding tert-OH is 1. The minimum atomic E-state index is -0.269. The van der Waals surface area contributed by atoms with Crippen LogP contribution in [-0.2, 0) is 6.54 Å². The summed E-state index contributed by atoms with van der Waals surface area (Å²) in [6, 6.07) is 1.93. The van der Waals surface area contributed by atoms with Gasteiger partial charge in [0, 0.05) is 6.20 Å². The Morgan fingerprint density at radius 2 is 2.45 bits per heavy atom. The summed E-state index contributed by atoms with van der Waals surface area (Å²) in [6.07, 6.45) is 2.39. The third-order valence-electron chi connectivity index (χ3n) is 1.64. The molecule has 0 saturated carbocycles. The van der Waals surface area contributed by atoms with Gasteiger partial charge in [0.25, 0.3) is 0 Å². The Balaban J connectivity index is 2.50. The first-order chi connectivity index (χ1) is 5.22. The average Bonchev–Trinajstić information content (AvgIpc) is 2.35. The standard InChI is InChI=1S/C8H14N2O/c1-3-8(11)6-10-5-4-7(2)9-10/h4-5,8,11H,3,6H2,1-2H3. The molecule has 0 aliphatic heterocycles. The van der Waals surface area contributed by atoms with E-state index in [2.05, 4.69) is 5.10 Å². The summed E-state index contributed by atoms with van der Waals surface area (Å²) in [5.74, 6) is 0. The van der Waals surface area contributed by atoms with Crippen molar-refractivity contribution >= 4 is 0 Å². The minimum Gasteiger partial charge on any atom is -0.391 e. The van der Waals surface area contributed by atoms with Crippen LogP contribution in [0, 0.1) is 6.92 Å². The van der Waals surface area contributed by atoms with E-state index in [9.17, 15) is 5.11 Å². The third-order valence-corrected chi connectivity index (χ3v) is 1.64. The quantitative estimate of drug-likeness (QED) is 0.704. The van der Waals surface area contributed by atoms with Crippen molar-refractivity contribution in [3.8, 4) is 0 Å². The van der Waals surface area contributed by atoms with Crippen LogP contribution in [0.3, 0.4) is 0 Å². The van der Waals surface area contributed by atoms with Gasteiger partial charge in [0.1, 0.15) is 0 Å². The van der Waals surface area contributed by atoms with E-state index in [1.54, 1.807) is 4.68 Å². The highest BCUT2D eigenvalue weighted by atomic mass is 16.3. The van der Waals surface area contributed by atoms with Crippen LogP contribution in [0.2, 0.25) is 0 Å². The zero-order valence-electron chi connectivity index (χ0n) is 6.99. The lowest BCUT2D eigenvalue weighted by atomic mass is 10.3. The molecule has 0 bridgehead atoms. The van der Waals surface area contributed by atoms with Gasteiger partial charge in [0.2, 0.25) is 0 Å². The molecule has 1 heterocycles. The second-order valence-corrected chi connectivity index (χ2v) is 2.74. The zero-order chi connectivity index (χ0) is 8.27. The van der Waals surface area contributed by atoms with Crippen LogP contribution in [0.25, 0.3) is 0 Å². The first-order valence-corrected chi connectivity index (χ1v) is 3.90. The molecule has 3 heteroatoms. The van der Waals surface area contributed by atoms with Gasteiger partial charge >= 0.3 is 0 Å². The van der Waals surface area contributed by atoms with E-state index >= 15 is 0 Å². The van der Waals surface area contributed by atoms with E-state index < -0.39 is 0 Å². The summed E-state index contributed by atoms with van der Waals surface area (Å²) < 4.78 is 1.77. The molecule has 0 aliphatic rings. The molecule has 1 aromatic rings. The number of rotatable bonds is 3. The Bertz CT molecular complexity index is 220. The fourth-order valence-corrected chi connectivity index (χ4v) is 0.910. The van der Waals surface area contributed by atoms with Gasteiger partial charge in [-0.1, -0.05) is 6.92 Å². The van der Waals surface area contributed by atoms with E-state index in [0.29, 0.717) is 6.54 Å². The summed E-state index contributed by atoms with van der Waals surface area (Å²) in [5.41, 5.74) is 0.994. The first-order valence-electron chi connectivity index (χ1n) is 3.90. The van der Waals surface area contributed by atoms with Crippen molar-refractivity contribution < 1.29 is 5.11 Å². The molecule has 0 fully saturated rings. The van der Waals surface area contributed by atoms with Gasteiger partial charge in [0.05, 0.1) is 18.3 Å². The molecule has 62 valence electrons. The fraction of sp³-hybridized carbons (Fsp3) is 0.625. The number of hydrogen-bond donors (Lipinski definition) is 1. The summed E-state index contributed by atoms with van der Waals surface area (Å²) in [4.78, 5) is 0. The van der Waals surface area contributed by atoms with Gasteiger partial charge in [-0.2, -0.15) is 5.10 Å². The van der Waals surface area contributed by atoms with Gasteiger partial charge in [-0.3, -0.25) is 4.68 Å². The molecule has 0 saturated heterocycles. The van der Waals surface area contributed by atoms with E-state index in [-0.39, 0.29) is 6.10 Å². The van der Waals surface area contributed by atoms with Crippen LogP contribution in [-0.4, -0.2) is 21.0 Å². The van der Waals surface area contributed by atoms with Crippen molar-refractivity contribution in [3.63, 3.8) is 0 Å². The summed E-state index contributed by atoms with van der Waals surface area (Å²) in [6.45, 7) is 4.50. The van der Waals surface area contributed by atoms with Crippen LogP contribution < -0.4 is 0 Å². The van der Waals surface area contributed by atoms with E-state index in [1.165, 1.54) is 0 Å². The van der Waals surface area contributed by atoms with Crippen molar-refractivity contribution in [3.05, 3.63) is 18.0 Å². The van der Waals surface area contributed by atoms with Crippen LogP contribution in [0.1, 0.15) is 19.0 Å². The number of aryl methyl sites for hydroxylation is 1. The maximum Gasteiger partial charge on any atom is 0.0733 e. The number of hydrogen-bond acceptors (Lipinski definition) is 2. The summed E-state index contributed by atoms with van der Waals surface area (Å²) >= 11 is 0. The molecule has 1 rings (SSSR count). The Hall–Kier alpha value is -0.830. The minimum absolute atomic E-state index is 0.269. The molecule has 1 N–H and O–H groups in total. The zero-order valence-corrected chi connectivity index (χ0v) is 6.99. The number of nitrogens with zero attached hydrogens (tertiary/aromatic N) is 2. The lowest BCUT2D eigenvalue weighted by Crippen LogP contribution is -2.14. The fourth-order valence-electron chi connectivity index (χ4n) is 0.910. The van der Waals surface area contributed by atoms with Gasteiger partial charge in [-0.25, -0.2) is 0 Å². The van der Waals surface area contributed by atoms with Crippen molar-refractivity contribution in [2.75, 3.05) is 0 Å². The van der Waals surface area contributed by atoms with Gasteiger partial charge in [-0.15, -0.1) is 0 Å². The van der Waals surface area contributed by atoms with Crippen LogP contribution in [0.4, 0.5) is 0 Å². The largest absolute Gasteiger partial charge is 0.391 e. The molecule has 0 amide bonds. The first kappa shape index (κ1) is 8.27. The average molecular weight is 154 g/mol. The second kappa shape index (κ2) is 3.53. The molecule has 0 aliphatic carbocycles. The van der Waals surface area contributed by atoms with Crippen LogP contribution in [0.15, 0.2) is 12.3 Å². The van der Waals surface area contributed by atoms with Crippen molar-refractivity contribution in [2.45, 2.75) is 32.9 Å². The van der Waals surface area contributed by atoms with E-state index in [4.69, 9.17) is 0 Å². The topological polar surface area (TPSA) is 38.0 Å². The van der Waals surface area contributed by atoms with E-state index in [0.717, 1.165) is 12.1 Å². The van der Waals surface area contributed by atoms with Crippen molar-refractivity contribution in [2.24, 2.45) is 0 Å². The lowest BCUT2D eigenvalue weighted by molar-refractivity contribution is 0.145. The maximum absolute atomic E-state index is 9.26. The highest BCUT2D eigenvalue weighted by Crippen LogP contribution is 1.97. The lowest BCUT2D eigenvalue weighted by Gasteiger charge is -2.06. The monoisotopic (exact) mass is 154 g/mol. The van der Waals surface area contributed by atoms with Crippen molar-refractivity contribution in [1.29, 1.82) is 0 Å². The van der Waals surface area contributed by atoms with Crippen molar-refractivity contribution in [1.82, 2.24) is 9.78 Å². The number of aliphatic hydroxyl groups is 1. The van der Waals surface area contributed by atoms with E-state index in [1.807, 2.05) is 26.1 Å². The predicted octanol–water partition coefficient (Wildman–Crippen LogP) is 0.962.